The Morgan fingerprint density at radius 1 is 1.21 bits per heavy atom. The van der Waals surface area contributed by atoms with E-state index in [2.05, 4.69) is 10.3 Å². The van der Waals surface area contributed by atoms with E-state index in [1.807, 2.05) is 49.3 Å². The molecule has 1 heterocycles. The molecule has 1 N–H and O–H groups in total. The number of amides is 1. The first kappa shape index (κ1) is 13.1. The third-order valence-electron chi connectivity index (χ3n) is 2.76. The summed E-state index contributed by atoms with van der Waals surface area (Å²) in [6.07, 6.45) is 1.65. The minimum Gasteiger partial charge on any atom is -0.363 e. The number of rotatable bonds is 4. The molecule has 0 aliphatic heterocycles. The number of anilines is 1. The summed E-state index contributed by atoms with van der Waals surface area (Å²) in [6.45, 7) is 0.527. The largest absolute Gasteiger partial charge is 0.363 e. The lowest BCUT2D eigenvalue weighted by Crippen LogP contribution is -2.23. The number of benzene rings is 1. The van der Waals surface area contributed by atoms with Crippen molar-refractivity contribution < 1.29 is 4.79 Å². The second-order valence-electron chi connectivity index (χ2n) is 4.47. The monoisotopic (exact) mass is 255 g/mol. The molecule has 0 spiro atoms. The number of aromatic nitrogens is 1. The van der Waals surface area contributed by atoms with Gasteiger partial charge in [-0.1, -0.05) is 30.3 Å². The van der Waals surface area contributed by atoms with Crippen molar-refractivity contribution in [3.05, 3.63) is 59.8 Å². The van der Waals surface area contributed by atoms with Crippen LogP contribution in [0.3, 0.4) is 0 Å². The molecule has 0 aliphatic rings. The minimum atomic E-state index is -0.0886. The lowest BCUT2D eigenvalue weighted by molar-refractivity contribution is 0.0951. The summed E-state index contributed by atoms with van der Waals surface area (Å²) in [6, 6.07) is 13.3. The second kappa shape index (κ2) is 6.00. The summed E-state index contributed by atoms with van der Waals surface area (Å²) in [7, 11) is 3.79. The number of nitrogens with one attached hydrogen (secondary N) is 1. The van der Waals surface area contributed by atoms with E-state index in [1.54, 1.807) is 18.3 Å². The molecule has 1 aromatic heterocycles. The molecule has 0 bridgehead atoms. The number of nitrogens with zero attached hydrogens (tertiary/aromatic N) is 2. The van der Waals surface area contributed by atoms with Crippen LogP contribution in [0.5, 0.6) is 0 Å². The minimum absolute atomic E-state index is 0.0886. The van der Waals surface area contributed by atoms with Crippen molar-refractivity contribution in [2.45, 2.75) is 6.54 Å². The van der Waals surface area contributed by atoms with Gasteiger partial charge in [0, 0.05) is 32.4 Å². The van der Waals surface area contributed by atoms with Crippen LogP contribution in [0.25, 0.3) is 0 Å². The van der Waals surface area contributed by atoms with E-state index >= 15 is 0 Å². The summed E-state index contributed by atoms with van der Waals surface area (Å²) in [4.78, 5) is 18.1. The molecule has 1 aromatic carbocycles. The van der Waals surface area contributed by atoms with Crippen LogP contribution in [0.2, 0.25) is 0 Å². The van der Waals surface area contributed by atoms with E-state index in [9.17, 15) is 4.79 Å². The van der Waals surface area contributed by atoms with Crippen LogP contribution in [-0.4, -0.2) is 25.0 Å². The van der Waals surface area contributed by atoms with Crippen molar-refractivity contribution in [3.8, 4) is 0 Å². The maximum Gasteiger partial charge on any atom is 0.251 e. The van der Waals surface area contributed by atoms with Crippen molar-refractivity contribution in [2.75, 3.05) is 19.0 Å². The predicted octanol–water partition coefficient (Wildman–Crippen LogP) is 2.08. The SMILES string of the molecule is CN(C)c1cc(C(=O)NCc2ccccc2)ccn1. The van der Waals surface area contributed by atoms with E-state index in [0.29, 0.717) is 12.1 Å². The zero-order valence-corrected chi connectivity index (χ0v) is 11.1. The van der Waals surface area contributed by atoms with Gasteiger partial charge in [-0.15, -0.1) is 0 Å². The highest BCUT2D eigenvalue weighted by Crippen LogP contribution is 2.09. The molecule has 0 atom stereocenters. The molecule has 0 saturated carbocycles. The lowest BCUT2D eigenvalue weighted by atomic mass is 10.2. The Labute approximate surface area is 113 Å². The van der Waals surface area contributed by atoms with Gasteiger partial charge in [0.2, 0.25) is 0 Å². The van der Waals surface area contributed by atoms with Gasteiger partial charge >= 0.3 is 0 Å². The van der Waals surface area contributed by atoms with Crippen molar-refractivity contribution in [1.82, 2.24) is 10.3 Å². The Hall–Kier alpha value is -2.36. The highest BCUT2D eigenvalue weighted by atomic mass is 16.1. The van der Waals surface area contributed by atoms with Crippen LogP contribution in [-0.2, 0) is 6.54 Å². The summed E-state index contributed by atoms with van der Waals surface area (Å²) < 4.78 is 0. The number of carbonyl (C=O) groups is 1. The van der Waals surface area contributed by atoms with Gasteiger partial charge in [-0.25, -0.2) is 4.98 Å². The Kier molecular flexibility index (Phi) is 4.13. The van der Waals surface area contributed by atoms with Crippen LogP contribution in [0.15, 0.2) is 48.7 Å². The maximum atomic E-state index is 12.0. The molecule has 98 valence electrons. The normalized spacial score (nSPS) is 10.0. The molecule has 4 heteroatoms. The lowest BCUT2D eigenvalue weighted by Gasteiger charge is -2.12. The highest BCUT2D eigenvalue weighted by Gasteiger charge is 2.07. The van der Waals surface area contributed by atoms with Gasteiger partial charge in [0.05, 0.1) is 0 Å². The number of hydrogen-bond donors (Lipinski definition) is 1. The van der Waals surface area contributed by atoms with Gasteiger partial charge in [0.1, 0.15) is 5.82 Å². The molecular weight excluding hydrogens is 238 g/mol. The molecule has 0 unspecified atom stereocenters. The fraction of sp³-hybridized carbons (Fsp3) is 0.200. The molecule has 0 saturated heterocycles. The highest BCUT2D eigenvalue weighted by molar-refractivity contribution is 5.94. The molecule has 1 amide bonds. The zero-order valence-electron chi connectivity index (χ0n) is 11.1. The molecule has 2 aromatic rings. The Morgan fingerprint density at radius 3 is 2.63 bits per heavy atom. The Morgan fingerprint density at radius 2 is 1.95 bits per heavy atom. The molecule has 0 radical (unpaired) electrons. The van der Waals surface area contributed by atoms with Crippen LogP contribution < -0.4 is 10.2 Å². The van der Waals surface area contributed by atoms with E-state index in [0.717, 1.165) is 11.4 Å². The van der Waals surface area contributed by atoms with Crippen molar-refractivity contribution in [3.63, 3.8) is 0 Å². The summed E-state index contributed by atoms with van der Waals surface area (Å²) >= 11 is 0. The fourth-order valence-electron chi connectivity index (χ4n) is 1.68. The Balaban J connectivity index is 2.02. The first-order valence-electron chi connectivity index (χ1n) is 6.12. The second-order valence-corrected chi connectivity index (χ2v) is 4.47. The number of carbonyl (C=O) groups excluding carboxylic acids is 1. The van der Waals surface area contributed by atoms with Crippen LogP contribution in [0.4, 0.5) is 5.82 Å². The smallest absolute Gasteiger partial charge is 0.251 e. The van der Waals surface area contributed by atoms with Crippen LogP contribution in [0.1, 0.15) is 15.9 Å². The quantitative estimate of drug-likeness (QED) is 0.909. The summed E-state index contributed by atoms with van der Waals surface area (Å²) in [5, 5.41) is 2.90. The molecule has 19 heavy (non-hydrogen) atoms. The third kappa shape index (κ3) is 3.55. The number of hydrogen-bond acceptors (Lipinski definition) is 3. The maximum absolute atomic E-state index is 12.0. The van der Waals surface area contributed by atoms with E-state index in [4.69, 9.17) is 0 Å². The van der Waals surface area contributed by atoms with Gasteiger partial charge in [0.15, 0.2) is 0 Å². The molecule has 4 nitrogen and oxygen atoms in total. The first-order chi connectivity index (χ1) is 9.16. The van der Waals surface area contributed by atoms with Gasteiger partial charge in [-0.2, -0.15) is 0 Å². The van der Waals surface area contributed by atoms with Crippen molar-refractivity contribution in [2.24, 2.45) is 0 Å². The van der Waals surface area contributed by atoms with Gasteiger partial charge in [0.25, 0.3) is 5.91 Å². The van der Waals surface area contributed by atoms with Crippen molar-refractivity contribution in [1.29, 1.82) is 0 Å². The summed E-state index contributed by atoms with van der Waals surface area (Å²) in [5.74, 6) is 0.682. The Bertz CT molecular complexity index is 552. The molecule has 0 aliphatic carbocycles. The van der Waals surface area contributed by atoms with E-state index in [-0.39, 0.29) is 5.91 Å². The third-order valence-corrected chi connectivity index (χ3v) is 2.76. The number of pyridine rings is 1. The van der Waals surface area contributed by atoms with Crippen LogP contribution in [0, 0.1) is 0 Å². The average Bonchev–Trinajstić information content (AvgIpc) is 2.46. The summed E-state index contributed by atoms with van der Waals surface area (Å²) in [5.41, 5.74) is 1.70. The standard InChI is InChI=1S/C15H17N3O/c1-18(2)14-10-13(8-9-16-14)15(19)17-11-12-6-4-3-5-7-12/h3-10H,11H2,1-2H3,(H,17,19). The van der Waals surface area contributed by atoms with E-state index < -0.39 is 0 Å². The van der Waals surface area contributed by atoms with Crippen LogP contribution >= 0.6 is 0 Å². The fourth-order valence-corrected chi connectivity index (χ4v) is 1.68. The molecule has 2 rings (SSSR count). The van der Waals surface area contributed by atoms with Gasteiger partial charge < -0.3 is 10.2 Å². The van der Waals surface area contributed by atoms with Gasteiger partial charge in [-0.3, -0.25) is 4.79 Å². The zero-order chi connectivity index (χ0) is 13.7. The topological polar surface area (TPSA) is 45.2 Å². The average molecular weight is 255 g/mol. The van der Waals surface area contributed by atoms with Gasteiger partial charge in [-0.05, 0) is 17.7 Å². The first-order valence-corrected chi connectivity index (χ1v) is 6.12. The van der Waals surface area contributed by atoms with E-state index in [1.165, 1.54) is 0 Å². The molecular formula is C15H17N3O. The van der Waals surface area contributed by atoms with Crippen molar-refractivity contribution >= 4 is 11.7 Å². The predicted molar refractivity (Wildman–Crippen MR) is 76.2 cm³/mol. The molecule has 0 fully saturated rings.